The number of hydrogen-bond donors (Lipinski definition) is 0. The number of alkyl halides is 3. The summed E-state index contributed by atoms with van der Waals surface area (Å²) in [4.78, 5) is 2.16. The molecular formula is C19H21F3N2O3S. The van der Waals surface area contributed by atoms with E-state index >= 15 is 0 Å². The lowest BCUT2D eigenvalue weighted by molar-refractivity contribution is -0.274. The second-order valence-corrected chi connectivity index (χ2v) is 8.48. The van der Waals surface area contributed by atoms with Crippen molar-refractivity contribution in [3.8, 4) is 5.75 Å². The quantitative estimate of drug-likeness (QED) is 0.750. The summed E-state index contributed by atoms with van der Waals surface area (Å²) >= 11 is 0. The lowest BCUT2D eigenvalue weighted by Gasteiger charge is -2.37. The number of rotatable bonds is 5. The fraction of sp³-hybridized carbons (Fsp3) is 0.368. The first kappa shape index (κ1) is 20.6. The van der Waals surface area contributed by atoms with Crippen molar-refractivity contribution in [2.45, 2.75) is 24.2 Å². The topological polar surface area (TPSA) is 49.9 Å². The molecule has 1 saturated heterocycles. The van der Waals surface area contributed by atoms with E-state index in [1.165, 1.54) is 9.87 Å². The lowest BCUT2D eigenvalue weighted by Crippen LogP contribution is -2.49. The Labute approximate surface area is 162 Å². The molecule has 2 aromatic carbocycles. The van der Waals surface area contributed by atoms with Gasteiger partial charge in [0.1, 0.15) is 5.75 Å². The second-order valence-electron chi connectivity index (χ2n) is 6.55. The largest absolute Gasteiger partial charge is 0.573 e. The SMILES string of the molecule is CC(c1ccccc1)N1CCN(S(=O)(=O)c2ccc(OC(F)(F)F)cc2)CC1. The van der Waals surface area contributed by atoms with E-state index in [1.807, 2.05) is 30.3 Å². The average Bonchev–Trinajstić information content (AvgIpc) is 2.67. The fourth-order valence-corrected chi connectivity index (χ4v) is 4.66. The highest BCUT2D eigenvalue weighted by molar-refractivity contribution is 7.89. The summed E-state index contributed by atoms with van der Waals surface area (Å²) < 4.78 is 67.4. The van der Waals surface area contributed by atoms with Crippen LogP contribution in [0.2, 0.25) is 0 Å². The molecule has 0 aromatic heterocycles. The Morgan fingerprint density at radius 1 is 0.929 bits per heavy atom. The van der Waals surface area contributed by atoms with Gasteiger partial charge in [-0.15, -0.1) is 13.2 Å². The van der Waals surface area contributed by atoms with Crippen LogP contribution in [-0.4, -0.2) is 50.2 Å². The van der Waals surface area contributed by atoms with Gasteiger partial charge in [-0.2, -0.15) is 4.31 Å². The molecule has 0 N–H and O–H groups in total. The van der Waals surface area contributed by atoms with Gasteiger partial charge in [-0.1, -0.05) is 30.3 Å². The van der Waals surface area contributed by atoms with Crippen molar-refractivity contribution in [2.24, 2.45) is 0 Å². The maximum absolute atomic E-state index is 12.8. The molecule has 1 unspecified atom stereocenters. The van der Waals surface area contributed by atoms with Gasteiger partial charge in [-0.05, 0) is 36.8 Å². The Balaban J connectivity index is 1.64. The molecule has 9 heteroatoms. The molecule has 5 nitrogen and oxygen atoms in total. The molecule has 1 aliphatic rings. The molecular weight excluding hydrogens is 393 g/mol. The molecule has 0 amide bonds. The molecule has 1 heterocycles. The Morgan fingerprint density at radius 2 is 1.50 bits per heavy atom. The molecule has 0 bridgehead atoms. The summed E-state index contributed by atoms with van der Waals surface area (Å²) in [6.45, 7) is 3.87. The molecule has 1 aliphatic heterocycles. The number of halogens is 3. The van der Waals surface area contributed by atoms with Crippen LogP contribution in [0, 0.1) is 0 Å². The van der Waals surface area contributed by atoms with Gasteiger partial charge in [0.2, 0.25) is 10.0 Å². The minimum absolute atomic E-state index is 0.0495. The van der Waals surface area contributed by atoms with Crippen LogP contribution < -0.4 is 4.74 Å². The average molecular weight is 414 g/mol. The van der Waals surface area contributed by atoms with E-state index in [4.69, 9.17) is 0 Å². The molecule has 1 fully saturated rings. The van der Waals surface area contributed by atoms with E-state index in [-0.39, 0.29) is 10.9 Å². The maximum Gasteiger partial charge on any atom is 0.573 e. The predicted octanol–water partition coefficient (Wildman–Crippen LogP) is 3.65. The van der Waals surface area contributed by atoms with Gasteiger partial charge in [-0.3, -0.25) is 4.90 Å². The monoisotopic (exact) mass is 414 g/mol. The van der Waals surface area contributed by atoms with Crippen LogP contribution in [0.25, 0.3) is 0 Å². The third-order valence-corrected chi connectivity index (χ3v) is 6.71. The second kappa shape index (κ2) is 8.10. The molecule has 0 saturated carbocycles. The molecule has 1 atom stereocenters. The van der Waals surface area contributed by atoms with E-state index < -0.39 is 22.1 Å². The highest BCUT2D eigenvalue weighted by Crippen LogP contribution is 2.27. The summed E-state index contributed by atoms with van der Waals surface area (Å²) in [5.41, 5.74) is 1.17. The minimum atomic E-state index is -4.81. The van der Waals surface area contributed by atoms with Crippen molar-refractivity contribution < 1.29 is 26.3 Å². The van der Waals surface area contributed by atoms with Crippen LogP contribution in [0.3, 0.4) is 0 Å². The third-order valence-electron chi connectivity index (χ3n) is 4.80. The van der Waals surface area contributed by atoms with Crippen LogP contribution in [0.15, 0.2) is 59.5 Å². The van der Waals surface area contributed by atoms with Crippen molar-refractivity contribution in [1.82, 2.24) is 9.21 Å². The van der Waals surface area contributed by atoms with Gasteiger partial charge >= 0.3 is 6.36 Å². The molecule has 0 spiro atoms. The van der Waals surface area contributed by atoms with Gasteiger partial charge in [0.15, 0.2) is 0 Å². The van der Waals surface area contributed by atoms with Crippen LogP contribution in [-0.2, 0) is 10.0 Å². The fourth-order valence-electron chi connectivity index (χ4n) is 3.24. The summed E-state index contributed by atoms with van der Waals surface area (Å²) in [6, 6.07) is 14.4. The third kappa shape index (κ3) is 4.84. The lowest BCUT2D eigenvalue weighted by atomic mass is 10.1. The normalized spacial score (nSPS) is 18.0. The molecule has 3 rings (SSSR count). The van der Waals surface area contributed by atoms with Crippen LogP contribution in [0.1, 0.15) is 18.5 Å². The zero-order valence-electron chi connectivity index (χ0n) is 15.3. The van der Waals surface area contributed by atoms with Crippen molar-refractivity contribution in [1.29, 1.82) is 0 Å². The van der Waals surface area contributed by atoms with Gasteiger partial charge in [0.05, 0.1) is 4.90 Å². The van der Waals surface area contributed by atoms with E-state index in [0.29, 0.717) is 26.2 Å². The smallest absolute Gasteiger partial charge is 0.406 e. The van der Waals surface area contributed by atoms with Crippen molar-refractivity contribution in [2.75, 3.05) is 26.2 Å². The number of sulfonamides is 1. The summed E-state index contributed by atoms with van der Waals surface area (Å²) in [6.07, 6.45) is -4.81. The Bertz CT molecular complexity index is 879. The molecule has 0 aliphatic carbocycles. The maximum atomic E-state index is 12.8. The summed E-state index contributed by atoms with van der Waals surface area (Å²) in [7, 11) is -3.77. The Kier molecular flexibility index (Phi) is 5.97. The van der Waals surface area contributed by atoms with Crippen molar-refractivity contribution >= 4 is 10.0 Å². The zero-order valence-corrected chi connectivity index (χ0v) is 16.1. The molecule has 152 valence electrons. The minimum Gasteiger partial charge on any atom is -0.406 e. The first-order chi connectivity index (χ1) is 13.2. The number of hydrogen-bond acceptors (Lipinski definition) is 4. The van der Waals surface area contributed by atoms with E-state index in [0.717, 1.165) is 24.3 Å². The number of piperazine rings is 1. The van der Waals surface area contributed by atoms with Gasteiger partial charge < -0.3 is 4.74 Å². The van der Waals surface area contributed by atoms with Gasteiger partial charge in [-0.25, -0.2) is 8.42 Å². The number of benzene rings is 2. The van der Waals surface area contributed by atoms with Crippen molar-refractivity contribution in [3.63, 3.8) is 0 Å². The van der Waals surface area contributed by atoms with Crippen LogP contribution >= 0.6 is 0 Å². The summed E-state index contributed by atoms with van der Waals surface area (Å²) in [5.74, 6) is -0.451. The Morgan fingerprint density at radius 3 is 2.04 bits per heavy atom. The molecule has 28 heavy (non-hydrogen) atoms. The standard InChI is InChI=1S/C19H21F3N2O3S/c1-15(16-5-3-2-4-6-16)23-11-13-24(14-12-23)28(25,26)18-9-7-17(8-10-18)27-19(20,21)22/h2-10,15H,11-14H2,1H3. The van der Waals surface area contributed by atoms with Crippen molar-refractivity contribution in [3.05, 3.63) is 60.2 Å². The van der Waals surface area contributed by atoms with Crippen LogP contribution in [0.4, 0.5) is 13.2 Å². The first-order valence-corrected chi connectivity index (χ1v) is 10.3. The summed E-state index contributed by atoms with van der Waals surface area (Å²) in [5, 5.41) is 0. The predicted molar refractivity (Wildman–Crippen MR) is 98.3 cm³/mol. The van der Waals surface area contributed by atoms with E-state index in [1.54, 1.807) is 0 Å². The first-order valence-electron chi connectivity index (χ1n) is 8.82. The zero-order chi connectivity index (χ0) is 20.4. The Hall–Kier alpha value is -2.10. The highest BCUT2D eigenvalue weighted by Gasteiger charge is 2.32. The van der Waals surface area contributed by atoms with Gasteiger partial charge in [0.25, 0.3) is 0 Å². The number of ether oxygens (including phenoxy) is 1. The van der Waals surface area contributed by atoms with E-state index in [9.17, 15) is 21.6 Å². The number of nitrogens with zero attached hydrogens (tertiary/aromatic N) is 2. The van der Waals surface area contributed by atoms with E-state index in [2.05, 4.69) is 16.6 Å². The molecule has 2 aromatic rings. The van der Waals surface area contributed by atoms with Gasteiger partial charge in [0, 0.05) is 32.2 Å². The molecule has 0 radical (unpaired) electrons. The van der Waals surface area contributed by atoms with Crippen LogP contribution in [0.5, 0.6) is 5.75 Å². The highest BCUT2D eigenvalue weighted by atomic mass is 32.2.